The lowest BCUT2D eigenvalue weighted by Crippen LogP contribution is -2.29. The molecular formula is C22H28N2O4. The summed E-state index contributed by atoms with van der Waals surface area (Å²) < 4.78 is 10.5. The zero-order valence-corrected chi connectivity index (χ0v) is 16.7. The molecule has 0 aliphatic heterocycles. The maximum atomic E-state index is 12.1. The Labute approximate surface area is 166 Å². The first-order chi connectivity index (χ1) is 13.5. The van der Waals surface area contributed by atoms with Crippen molar-refractivity contribution in [1.29, 1.82) is 0 Å². The summed E-state index contributed by atoms with van der Waals surface area (Å²) in [5, 5.41) is 5.80. The Kier molecular flexibility index (Phi) is 8.34. The molecule has 0 aliphatic rings. The van der Waals surface area contributed by atoms with Crippen LogP contribution in [0.15, 0.2) is 48.5 Å². The van der Waals surface area contributed by atoms with Crippen LogP contribution in [0.2, 0.25) is 0 Å². The monoisotopic (exact) mass is 384 g/mol. The third kappa shape index (κ3) is 6.61. The zero-order chi connectivity index (χ0) is 20.4. The maximum Gasteiger partial charge on any atom is 0.251 e. The number of nitrogens with one attached hydrogen (secondary N) is 2. The van der Waals surface area contributed by atoms with E-state index in [1.54, 1.807) is 31.4 Å². The summed E-state index contributed by atoms with van der Waals surface area (Å²) in [6.45, 7) is 4.95. The van der Waals surface area contributed by atoms with E-state index in [0.717, 1.165) is 11.3 Å². The largest absolute Gasteiger partial charge is 0.497 e. The zero-order valence-electron chi connectivity index (χ0n) is 16.7. The van der Waals surface area contributed by atoms with Crippen LogP contribution in [0.3, 0.4) is 0 Å². The summed E-state index contributed by atoms with van der Waals surface area (Å²) in [5.41, 5.74) is 1.58. The number of carbonyl (C=O) groups is 2. The van der Waals surface area contributed by atoms with Gasteiger partial charge in [-0.2, -0.15) is 0 Å². The molecule has 1 unspecified atom stereocenters. The molecule has 0 bridgehead atoms. The van der Waals surface area contributed by atoms with E-state index in [2.05, 4.69) is 10.6 Å². The lowest BCUT2D eigenvalue weighted by molar-refractivity contribution is -0.121. The van der Waals surface area contributed by atoms with Crippen LogP contribution in [0.4, 0.5) is 0 Å². The number of benzene rings is 2. The second kappa shape index (κ2) is 11.0. The number of amides is 2. The van der Waals surface area contributed by atoms with E-state index in [9.17, 15) is 9.59 Å². The molecule has 6 nitrogen and oxygen atoms in total. The van der Waals surface area contributed by atoms with Gasteiger partial charge in [-0.15, -0.1) is 0 Å². The molecule has 2 N–H and O–H groups in total. The lowest BCUT2D eigenvalue weighted by atomic mass is 10.1. The summed E-state index contributed by atoms with van der Waals surface area (Å²) >= 11 is 0. The van der Waals surface area contributed by atoms with Crippen LogP contribution in [0.25, 0.3) is 0 Å². The van der Waals surface area contributed by atoms with Crippen LogP contribution in [-0.4, -0.2) is 32.1 Å². The van der Waals surface area contributed by atoms with Gasteiger partial charge in [0.05, 0.1) is 19.8 Å². The van der Waals surface area contributed by atoms with E-state index in [1.165, 1.54) is 0 Å². The van der Waals surface area contributed by atoms with Gasteiger partial charge >= 0.3 is 0 Å². The highest BCUT2D eigenvalue weighted by Gasteiger charge is 2.10. The molecule has 2 aromatic carbocycles. The molecule has 6 heteroatoms. The highest BCUT2D eigenvalue weighted by molar-refractivity contribution is 5.94. The Morgan fingerprint density at radius 1 is 1.00 bits per heavy atom. The normalized spacial score (nSPS) is 11.4. The van der Waals surface area contributed by atoms with Gasteiger partial charge in [0.15, 0.2) is 0 Å². The van der Waals surface area contributed by atoms with E-state index in [4.69, 9.17) is 9.47 Å². The Morgan fingerprint density at radius 3 is 2.25 bits per heavy atom. The topological polar surface area (TPSA) is 76.7 Å². The molecule has 1 atom stereocenters. The fraction of sp³-hybridized carbons (Fsp3) is 0.364. The van der Waals surface area contributed by atoms with Crippen molar-refractivity contribution in [2.75, 3.05) is 20.3 Å². The van der Waals surface area contributed by atoms with Gasteiger partial charge in [0, 0.05) is 18.5 Å². The second-order valence-electron chi connectivity index (χ2n) is 6.38. The molecule has 2 aromatic rings. The highest BCUT2D eigenvalue weighted by Crippen LogP contribution is 2.17. The van der Waals surface area contributed by atoms with E-state index >= 15 is 0 Å². The number of hydrogen-bond donors (Lipinski definition) is 2. The van der Waals surface area contributed by atoms with E-state index < -0.39 is 0 Å². The Morgan fingerprint density at radius 2 is 1.64 bits per heavy atom. The molecule has 0 saturated carbocycles. The third-order valence-corrected chi connectivity index (χ3v) is 4.29. The van der Waals surface area contributed by atoms with Crippen molar-refractivity contribution in [2.24, 2.45) is 0 Å². The molecule has 0 aliphatic carbocycles. The van der Waals surface area contributed by atoms with Crippen LogP contribution < -0.4 is 20.1 Å². The molecule has 0 fully saturated rings. The molecule has 0 saturated heterocycles. The van der Waals surface area contributed by atoms with Crippen LogP contribution in [0.1, 0.15) is 48.7 Å². The Balaban J connectivity index is 1.69. The van der Waals surface area contributed by atoms with E-state index in [-0.39, 0.29) is 17.9 Å². The number of hydrogen-bond acceptors (Lipinski definition) is 4. The molecule has 28 heavy (non-hydrogen) atoms. The standard InChI is InChI=1S/C22H28N2O4/c1-4-28-20-13-7-17(8-14-20)16(2)24-21(25)6-5-15-23-22(26)18-9-11-19(27-3)12-10-18/h7-14,16H,4-6,15H2,1-3H3,(H,23,26)(H,24,25). The highest BCUT2D eigenvalue weighted by atomic mass is 16.5. The lowest BCUT2D eigenvalue weighted by Gasteiger charge is -2.15. The Bertz CT molecular complexity index is 757. The molecule has 2 rings (SSSR count). The van der Waals surface area contributed by atoms with E-state index in [0.29, 0.717) is 37.3 Å². The third-order valence-electron chi connectivity index (χ3n) is 4.29. The predicted octanol–water partition coefficient (Wildman–Crippen LogP) is 3.48. The van der Waals surface area contributed by atoms with Gasteiger partial charge in [-0.1, -0.05) is 12.1 Å². The predicted molar refractivity (Wildman–Crippen MR) is 109 cm³/mol. The molecule has 0 spiro atoms. The van der Waals surface area contributed by atoms with Gasteiger partial charge in [0.1, 0.15) is 11.5 Å². The molecule has 2 amide bonds. The molecule has 150 valence electrons. The van der Waals surface area contributed by atoms with Crippen molar-refractivity contribution >= 4 is 11.8 Å². The summed E-state index contributed by atoms with van der Waals surface area (Å²) in [6.07, 6.45) is 0.925. The first-order valence-corrected chi connectivity index (χ1v) is 9.48. The SMILES string of the molecule is CCOc1ccc(C(C)NC(=O)CCCNC(=O)c2ccc(OC)cc2)cc1. The number of rotatable bonds is 10. The van der Waals surface area contributed by atoms with Crippen molar-refractivity contribution in [2.45, 2.75) is 32.7 Å². The summed E-state index contributed by atoms with van der Waals surface area (Å²) in [4.78, 5) is 24.2. The fourth-order valence-electron chi connectivity index (χ4n) is 2.71. The summed E-state index contributed by atoms with van der Waals surface area (Å²) in [5.74, 6) is 1.32. The first kappa shape index (κ1) is 21.3. The first-order valence-electron chi connectivity index (χ1n) is 9.48. The van der Waals surface area contributed by atoms with Crippen molar-refractivity contribution in [3.63, 3.8) is 0 Å². The average molecular weight is 384 g/mol. The maximum absolute atomic E-state index is 12.1. The summed E-state index contributed by atoms with van der Waals surface area (Å²) in [7, 11) is 1.58. The minimum absolute atomic E-state index is 0.0416. The van der Waals surface area contributed by atoms with Gasteiger partial charge in [0.25, 0.3) is 5.91 Å². The van der Waals surface area contributed by atoms with Crippen LogP contribution in [-0.2, 0) is 4.79 Å². The smallest absolute Gasteiger partial charge is 0.251 e. The molecular weight excluding hydrogens is 356 g/mol. The van der Waals surface area contributed by atoms with Crippen LogP contribution in [0, 0.1) is 0 Å². The molecule has 0 radical (unpaired) electrons. The molecule has 0 heterocycles. The van der Waals surface area contributed by atoms with E-state index in [1.807, 2.05) is 38.1 Å². The van der Waals surface area contributed by atoms with Gasteiger partial charge in [-0.3, -0.25) is 9.59 Å². The number of methoxy groups -OCH3 is 1. The van der Waals surface area contributed by atoms with Gasteiger partial charge in [0.2, 0.25) is 5.91 Å². The van der Waals surface area contributed by atoms with Gasteiger partial charge in [-0.05, 0) is 62.2 Å². The second-order valence-corrected chi connectivity index (χ2v) is 6.38. The fourth-order valence-corrected chi connectivity index (χ4v) is 2.71. The number of ether oxygens (including phenoxy) is 2. The minimum atomic E-state index is -0.161. The summed E-state index contributed by atoms with van der Waals surface area (Å²) in [6, 6.07) is 14.5. The Hall–Kier alpha value is -3.02. The van der Waals surface area contributed by atoms with Gasteiger partial charge < -0.3 is 20.1 Å². The van der Waals surface area contributed by atoms with Crippen molar-refractivity contribution < 1.29 is 19.1 Å². The average Bonchev–Trinajstić information content (AvgIpc) is 2.72. The van der Waals surface area contributed by atoms with Crippen LogP contribution >= 0.6 is 0 Å². The van der Waals surface area contributed by atoms with Crippen molar-refractivity contribution in [3.8, 4) is 11.5 Å². The quantitative estimate of drug-likeness (QED) is 0.615. The van der Waals surface area contributed by atoms with Gasteiger partial charge in [-0.25, -0.2) is 0 Å². The molecule has 0 aromatic heterocycles. The van der Waals surface area contributed by atoms with Crippen molar-refractivity contribution in [1.82, 2.24) is 10.6 Å². The van der Waals surface area contributed by atoms with Crippen LogP contribution in [0.5, 0.6) is 11.5 Å². The van der Waals surface area contributed by atoms with Crippen molar-refractivity contribution in [3.05, 3.63) is 59.7 Å². The number of carbonyl (C=O) groups excluding carboxylic acids is 2. The minimum Gasteiger partial charge on any atom is -0.497 e.